The fourth-order valence-electron chi connectivity index (χ4n) is 3.58. The highest BCUT2D eigenvalue weighted by Crippen LogP contribution is 2.54. The molecule has 102 valence electrons. The molecule has 1 N–H and O–H groups in total. The molecule has 2 atom stereocenters. The molecule has 1 aliphatic heterocycles. The lowest BCUT2D eigenvalue weighted by Gasteiger charge is -2.52. The number of ether oxygens (including phenoxy) is 2. The Hall–Kier alpha value is -0.640. The van der Waals surface area contributed by atoms with Crippen LogP contribution >= 0.6 is 0 Å². The van der Waals surface area contributed by atoms with Gasteiger partial charge >= 0.3 is 0 Å². The molecule has 2 aliphatic rings. The van der Waals surface area contributed by atoms with E-state index in [0.717, 1.165) is 32.1 Å². The summed E-state index contributed by atoms with van der Waals surface area (Å²) in [5, 5.41) is 10.6. The monoisotopic (exact) mass is 252 g/mol. The van der Waals surface area contributed by atoms with E-state index in [0.29, 0.717) is 19.6 Å². The van der Waals surface area contributed by atoms with E-state index in [1.54, 1.807) is 6.08 Å². The Bertz CT molecular complexity index is 307. The van der Waals surface area contributed by atoms with Gasteiger partial charge < -0.3 is 14.6 Å². The van der Waals surface area contributed by atoms with Crippen molar-refractivity contribution in [1.29, 1.82) is 0 Å². The maximum absolute atomic E-state index is 10.6. The minimum Gasteiger partial charge on any atom is -0.392 e. The van der Waals surface area contributed by atoms with Crippen molar-refractivity contribution in [3.63, 3.8) is 0 Å². The Morgan fingerprint density at radius 1 is 1.11 bits per heavy atom. The van der Waals surface area contributed by atoms with Gasteiger partial charge in [0.25, 0.3) is 0 Å². The fraction of sp³-hybridized carbons (Fsp3) is 0.733. The van der Waals surface area contributed by atoms with Crippen LogP contribution in [0.4, 0.5) is 0 Å². The van der Waals surface area contributed by atoms with Gasteiger partial charge in [-0.3, -0.25) is 0 Å². The predicted octanol–water partition coefficient (Wildman–Crippen LogP) is 2.80. The van der Waals surface area contributed by atoms with Crippen LogP contribution in [0.5, 0.6) is 0 Å². The molecule has 1 saturated carbocycles. The highest BCUT2D eigenvalue weighted by molar-refractivity contribution is 5.06. The molecule has 1 saturated heterocycles. The number of hydrogen-bond donors (Lipinski definition) is 1. The Morgan fingerprint density at radius 3 is 2.39 bits per heavy atom. The van der Waals surface area contributed by atoms with Gasteiger partial charge in [0, 0.05) is 6.42 Å². The van der Waals surface area contributed by atoms with Gasteiger partial charge in [-0.2, -0.15) is 0 Å². The summed E-state index contributed by atoms with van der Waals surface area (Å²) >= 11 is 0. The standard InChI is InChI=1S/C15H24O3/c1-3-7-13(16)14(8-4-2)9-5-6-10-15(14)17-11-12-18-15/h3-4,13,16H,1-2,5-12H2/t13-,14+/m1/s1. The first-order chi connectivity index (χ1) is 8.71. The molecule has 0 bridgehead atoms. The smallest absolute Gasteiger partial charge is 0.176 e. The van der Waals surface area contributed by atoms with Crippen LogP contribution in [0.2, 0.25) is 0 Å². The summed E-state index contributed by atoms with van der Waals surface area (Å²) < 4.78 is 11.9. The second-order valence-corrected chi connectivity index (χ2v) is 5.35. The number of aliphatic hydroxyl groups is 1. The average Bonchev–Trinajstić information content (AvgIpc) is 2.83. The first-order valence-corrected chi connectivity index (χ1v) is 6.88. The van der Waals surface area contributed by atoms with Crippen LogP contribution in [0.3, 0.4) is 0 Å². The van der Waals surface area contributed by atoms with Crippen LogP contribution < -0.4 is 0 Å². The minimum atomic E-state index is -0.609. The molecule has 0 aromatic carbocycles. The summed E-state index contributed by atoms with van der Waals surface area (Å²) in [4.78, 5) is 0. The number of hydrogen-bond acceptors (Lipinski definition) is 3. The molecular formula is C15H24O3. The van der Waals surface area contributed by atoms with Gasteiger partial charge in [-0.05, 0) is 25.7 Å². The number of allylic oxidation sites excluding steroid dienone is 1. The van der Waals surface area contributed by atoms with Crippen LogP contribution in [0, 0.1) is 5.41 Å². The van der Waals surface area contributed by atoms with Gasteiger partial charge in [0.05, 0.1) is 24.7 Å². The molecule has 1 spiro atoms. The lowest BCUT2D eigenvalue weighted by Crippen LogP contribution is -2.57. The number of rotatable bonds is 5. The molecule has 3 nitrogen and oxygen atoms in total. The third-order valence-electron chi connectivity index (χ3n) is 4.43. The molecule has 1 heterocycles. The third-order valence-corrected chi connectivity index (χ3v) is 4.43. The van der Waals surface area contributed by atoms with Gasteiger partial charge in [0.2, 0.25) is 0 Å². The van der Waals surface area contributed by atoms with E-state index in [4.69, 9.17) is 9.47 Å². The highest BCUT2D eigenvalue weighted by atomic mass is 16.7. The molecule has 0 radical (unpaired) electrons. The molecule has 3 heteroatoms. The molecule has 0 unspecified atom stereocenters. The largest absolute Gasteiger partial charge is 0.392 e. The van der Waals surface area contributed by atoms with Crippen molar-refractivity contribution in [2.45, 2.75) is 50.4 Å². The Kier molecular flexibility index (Phi) is 4.25. The van der Waals surface area contributed by atoms with Gasteiger partial charge in [0.1, 0.15) is 0 Å². The van der Waals surface area contributed by atoms with E-state index >= 15 is 0 Å². The second kappa shape index (κ2) is 5.55. The van der Waals surface area contributed by atoms with E-state index in [1.807, 2.05) is 6.08 Å². The lowest BCUT2D eigenvalue weighted by molar-refractivity contribution is -0.281. The summed E-state index contributed by atoms with van der Waals surface area (Å²) in [6, 6.07) is 0. The summed E-state index contributed by atoms with van der Waals surface area (Å²) in [5.74, 6) is -0.609. The van der Waals surface area contributed by atoms with Crippen LogP contribution in [0.1, 0.15) is 38.5 Å². The van der Waals surface area contributed by atoms with Crippen LogP contribution in [0.15, 0.2) is 25.3 Å². The van der Waals surface area contributed by atoms with Crippen molar-refractivity contribution < 1.29 is 14.6 Å². The van der Waals surface area contributed by atoms with E-state index in [-0.39, 0.29) is 5.41 Å². The van der Waals surface area contributed by atoms with Crippen molar-refractivity contribution in [1.82, 2.24) is 0 Å². The zero-order valence-electron chi connectivity index (χ0n) is 11.1. The highest BCUT2D eigenvalue weighted by Gasteiger charge is 2.59. The number of aliphatic hydroxyl groups excluding tert-OH is 1. The van der Waals surface area contributed by atoms with Gasteiger partial charge in [0.15, 0.2) is 5.79 Å². The zero-order chi connectivity index (χ0) is 13.1. The van der Waals surface area contributed by atoms with Crippen LogP contribution in [-0.2, 0) is 9.47 Å². The van der Waals surface area contributed by atoms with Crippen molar-refractivity contribution in [3.8, 4) is 0 Å². The summed E-state index contributed by atoms with van der Waals surface area (Å²) in [5.41, 5.74) is -0.363. The molecule has 0 aromatic heterocycles. The van der Waals surface area contributed by atoms with Crippen molar-refractivity contribution in [3.05, 3.63) is 25.3 Å². The SMILES string of the molecule is C=CC[C@@H](O)[C@]1(CC=C)CCCCC12OCCO2. The summed E-state index contributed by atoms with van der Waals surface area (Å²) in [6.45, 7) is 8.83. The third kappa shape index (κ3) is 2.04. The van der Waals surface area contributed by atoms with Crippen LogP contribution in [-0.4, -0.2) is 30.2 Å². The van der Waals surface area contributed by atoms with E-state index in [2.05, 4.69) is 13.2 Å². The molecule has 2 fully saturated rings. The van der Waals surface area contributed by atoms with E-state index in [9.17, 15) is 5.11 Å². The van der Waals surface area contributed by atoms with Gasteiger partial charge in [-0.15, -0.1) is 13.2 Å². The molecular weight excluding hydrogens is 228 g/mol. The minimum absolute atomic E-state index is 0.363. The first kappa shape index (κ1) is 13.8. The zero-order valence-corrected chi connectivity index (χ0v) is 11.1. The molecule has 1 aliphatic carbocycles. The van der Waals surface area contributed by atoms with E-state index < -0.39 is 11.9 Å². The normalized spacial score (nSPS) is 32.3. The predicted molar refractivity (Wildman–Crippen MR) is 71.2 cm³/mol. The lowest BCUT2D eigenvalue weighted by atomic mass is 9.63. The first-order valence-electron chi connectivity index (χ1n) is 6.88. The van der Waals surface area contributed by atoms with Gasteiger partial charge in [-0.1, -0.05) is 18.6 Å². The van der Waals surface area contributed by atoms with Crippen molar-refractivity contribution in [2.24, 2.45) is 5.41 Å². The maximum Gasteiger partial charge on any atom is 0.176 e. The second-order valence-electron chi connectivity index (χ2n) is 5.35. The molecule has 18 heavy (non-hydrogen) atoms. The fourth-order valence-corrected chi connectivity index (χ4v) is 3.58. The molecule has 0 aromatic rings. The van der Waals surface area contributed by atoms with E-state index in [1.165, 1.54) is 0 Å². The average molecular weight is 252 g/mol. The Labute approximate surface area is 109 Å². The summed E-state index contributed by atoms with van der Waals surface area (Å²) in [6.07, 6.45) is 8.47. The molecule has 2 rings (SSSR count). The van der Waals surface area contributed by atoms with Crippen molar-refractivity contribution in [2.75, 3.05) is 13.2 Å². The molecule has 0 amide bonds. The maximum atomic E-state index is 10.6. The summed E-state index contributed by atoms with van der Waals surface area (Å²) in [7, 11) is 0. The van der Waals surface area contributed by atoms with Crippen LogP contribution in [0.25, 0.3) is 0 Å². The van der Waals surface area contributed by atoms with Crippen molar-refractivity contribution >= 4 is 0 Å². The van der Waals surface area contributed by atoms with Gasteiger partial charge in [-0.25, -0.2) is 0 Å². The Morgan fingerprint density at radius 2 is 1.78 bits per heavy atom. The Balaban J connectivity index is 2.33. The topological polar surface area (TPSA) is 38.7 Å². The quantitative estimate of drug-likeness (QED) is 0.765.